The molecule has 6 nitrogen and oxygen atoms in total. The number of imidazole rings is 1. The van der Waals surface area contributed by atoms with Gasteiger partial charge in [0.1, 0.15) is 11.5 Å². The van der Waals surface area contributed by atoms with Gasteiger partial charge in [-0.25, -0.2) is 4.98 Å². The van der Waals surface area contributed by atoms with Crippen molar-refractivity contribution in [3.63, 3.8) is 0 Å². The zero-order valence-corrected chi connectivity index (χ0v) is 15.0. The predicted octanol–water partition coefficient (Wildman–Crippen LogP) is 2.68. The van der Waals surface area contributed by atoms with Crippen LogP contribution >= 0.6 is 0 Å². The van der Waals surface area contributed by atoms with E-state index in [1.165, 1.54) is 5.56 Å². The number of rotatable bonds is 4. The fraction of sp³-hybridized carbons (Fsp3) is 0.350. The Bertz CT molecular complexity index is 883. The second-order valence-electron chi connectivity index (χ2n) is 6.86. The fourth-order valence-corrected chi connectivity index (χ4v) is 3.72. The van der Waals surface area contributed by atoms with Crippen LogP contribution in [0.3, 0.4) is 0 Å². The average molecular weight is 349 g/mol. The summed E-state index contributed by atoms with van der Waals surface area (Å²) in [4.78, 5) is 23.5. The molecule has 0 radical (unpaired) electrons. The molecule has 0 aliphatic carbocycles. The molecule has 0 bridgehead atoms. The second kappa shape index (κ2) is 7.15. The van der Waals surface area contributed by atoms with E-state index in [0.717, 1.165) is 44.0 Å². The summed E-state index contributed by atoms with van der Waals surface area (Å²) in [6.45, 7) is 2.31. The third-order valence-corrected chi connectivity index (χ3v) is 5.09. The number of hydrogen-bond donors (Lipinski definition) is 0. The molecule has 0 aromatic carbocycles. The highest BCUT2D eigenvalue weighted by Gasteiger charge is 2.28. The number of aryl methyl sites for hydroxylation is 1. The van der Waals surface area contributed by atoms with E-state index in [4.69, 9.17) is 0 Å². The molecule has 1 saturated heterocycles. The van der Waals surface area contributed by atoms with Crippen molar-refractivity contribution in [2.45, 2.75) is 25.3 Å². The third kappa shape index (κ3) is 3.27. The maximum absolute atomic E-state index is 12.8. The number of nitrogens with zero attached hydrogens (tertiary/aromatic N) is 5. The molecule has 3 aromatic rings. The second-order valence-corrected chi connectivity index (χ2v) is 6.86. The molecule has 1 atom stereocenters. The summed E-state index contributed by atoms with van der Waals surface area (Å²) in [7, 11) is 1.91. The van der Waals surface area contributed by atoms with Gasteiger partial charge in [-0.1, -0.05) is 0 Å². The number of amides is 1. The Morgan fingerprint density at radius 2 is 2.04 bits per heavy atom. The van der Waals surface area contributed by atoms with Crippen molar-refractivity contribution in [2.24, 2.45) is 7.05 Å². The molecule has 6 heteroatoms. The van der Waals surface area contributed by atoms with Crippen molar-refractivity contribution in [3.8, 4) is 0 Å². The lowest BCUT2D eigenvalue weighted by atomic mass is 9.96. The fourth-order valence-electron chi connectivity index (χ4n) is 3.72. The molecule has 26 heavy (non-hydrogen) atoms. The monoisotopic (exact) mass is 349 g/mol. The Kier molecular flexibility index (Phi) is 4.56. The van der Waals surface area contributed by atoms with E-state index in [2.05, 4.69) is 14.5 Å². The molecule has 0 saturated carbocycles. The summed E-state index contributed by atoms with van der Waals surface area (Å²) in [5, 5.41) is 0. The van der Waals surface area contributed by atoms with E-state index >= 15 is 0 Å². The molecule has 1 amide bonds. The molecule has 4 heterocycles. The van der Waals surface area contributed by atoms with Crippen molar-refractivity contribution >= 4 is 5.91 Å². The van der Waals surface area contributed by atoms with Crippen molar-refractivity contribution in [1.82, 2.24) is 24.0 Å². The normalized spacial score (nSPS) is 17.4. The Morgan fingerprint density at radius 3 is 2.81 bits per heavy atom. The number of carbonyl (C=O) groups is 1. The minimum Gasteiger partial charge on any atom is -0.347 e. The Balaban J connectivity index is 1.51. The SMILES string of the molecule is Cn1cccc1C(=O)N1CCCC(c2nccn2Cc2ccncc2)C1. The molecular formula is C20H23N5O. The van der Waals surface area contributed by atoms with Crippen molar-refractivity contribution in [3.05, 3.63) is 72.3 Å². The molecule has 3 aromatic heterocycles. The standard InChI is InChI=1S/C20H23N5O/c1-23-11-3-5-18(23)20(26)25-12-2-4-17(15-25)19-22-10-13-24(19)14-16-6-8-21-9-7-16/h3,5-11,13,17H,2,4,12,14-15H2,1H3. The van der Waals surface area contributed by atoms with Crippen LogP contribution in [0.4, 0.5) is 0 Å². The lowest BCUT2D eigenvalue weighted by Gasteiger charge is -2.32. The summed E-state index contributed by atoms with van der Waals surface area (Å²) in [5.41, 5.74) is 1.94. The van der Waals surface area contributed by atoms with Crippen molar-refractivity contribution in [2.75, 3.05) is 13.1 Å². The van der Waals surface area contributed by atoms with Crippen LogP contribution in [0.15, 0.2) is 55.2 Å². The average Bonchev–Trinajstić information content (AvgIpc) is 3.31. The van der Waals surface area contributed by atoms with Gasteiger partial charge >= 0.3 is 0 Å². The predicted molar refractivity (Wildman–Crippen MR) is 98.9 cm³/mol. The summed E-state index contributed by atoms with van der Waals surface area (Å²) >= 11 is 0. The van der Waals surface area contributed by atoms with Gasteiger partial charge in [0.25, 0.3) is 5.91 Å². The number of hydrogen-bond acceptors (Lipinski definition) is 3. The van der Waals surface area contributed by atoms with Crippen LogP contribution in [0.25, 0.3) is 0 Å². The molecule has 4 rings (SSSR count). The summed E-state index contributed by atoms with van der Waals surface area (Å²) in [6, 6.07) is 7.85. The largest absolute Gasteiger partial charge is 0.347 e. The van der Waals surface area contributed by atoms with E-state index in [9.17, 15) is 4.79 Å². The van der Waals surface area contributed by atoms with Gasteiger partial charge in [0.2, 0.25) is 0 Å². The molecular weight excluding hydrogens is 326 g/mol. The smallest absolute Gasteiger partial charge is 0.270 e. The zero-order valence-electron chi connectivity index (χ0n) is 15.0. The summed E-state index contributed by atoms with van der Waals surface area (Å²) in [6.07, 6.45) is 11.5. The maximum Gasteiger partial charge on any atom is 0.270 e. The van der Waals surface area contributed by atoms with Gasteiger partial charge in [-0.2, -0.15) is 0 Å². The van der Waals surface area contributed by atoms with Crippen LogP contribution in [0.1, 0.15) is 40.6 Å². The van der Waals surface area contributed by atoms with Crippen LogP contribution in [-0.2, 0) is 13.6 Å². The highest BCUT2D eigenvalue weighted by atomic mass is 16.2. The van der Waals surface area contributed by atoms with Gasteiger partial charge in [-0.3, -0.25) is 9.78 Å². The van der Waals surface area contributed by atoms with Crippen LogP contribution in [0.2, 0.25) is 0 Å². The van der Waals surface area contributed by atoms with E-state index in [1.54, 1.807) is 0 Å². The molecule has 1 fully saturated rings. The topological polar surface area (TPSA) is 56.0 Å². The van der Waals surface area contributed by atoms with Crippen molar-refractivity contribution < 1.29 is 4.79 Å². The van der Waals surface area contributed by atoms with Crippen molar-refractivity contribution in [1.29, 1.82) is 0 Å². The molecule has 0 spiro atoms. The van der Waals surface area contributed by atoms with E-state index in [1.807, 2.05) is 71.8 Å². The lowest BCUT2D eigenvalue weighted by molar-refractivity contribution is 0.0693. The summed E-state index contributed by atoms with van der Waals surface area (Å²) in [5.74, 6) is 1.44. The quantitative estimate of drug-likeness (QED) is 0.728. The van der Waals surface area contributed by atoms with Crippen LogP contribution < -0.4 is 0 Å². The number of aromatic nitrogens is 4. The van der Waals surface area contributed by atoms with Gasteiger partial charge in [0, 0.05) is 63.6 Å². The first-order valence-electron chi connectivity index (χ1n) is 9.03. The zero-order chi connectivity index (χ0) is 17.9. The summed E-state index contributed by atoms with van der Waals surface area (Å²) < 4.78 is 4.08. The van der Waals surface area contributed by atoms with Gasteiger partial charge in [-0.05, 0) is 42.7 Å². The Hall–Kier alpha value is -2.89. The molecule has 1 aliphatic heterocycles. The first kappa shape index (κ1) is 16.6. The maximum atomic E-state index is 12.8. The van der Waals surface area contributed by atoms with Crippen LogP contribution in [0, 0.1) is 0 Å². The number of pyridine rings is 1. The van der Waals surface area contributed by atoms with Crippen LogP contribution in [-0.4, -0.2) is 43.0 Å². The first-order chi connectivity index (χ1) is 12.7. The number of piperidine rings is 1. The first-order valence-corrected chi connectivity index (χ1v) is 9.03. The van der Waals surface area contributed by atoms with Crippen LogP contribution in [0.5, 0.6) is 0 Å². The number of carbonyl (C=O) groups excluding carboxylic acids is 1. The van der Waals surface area contributed by atoms with Gasteiger partial charge in [0.05, 0.1) is 0 Å². The minimum atomic E-state index is 0.106. The minimum absolute atomic E-state index is 0.106. The highest BCUT2D eigenvalue weighted by molar-refractivity contribution is 5.92. The molecule has 134 valence electrons. The van der Waals surface area contributed by atoms with E-state index in [0.29, 0.717) is 0 Å². The highest BCUT2D eigenvalue weighted by Crippen LogP contribution is 2.27. The number of likely N-dealkylation sites (tertiary alicyclic amines) is 1. The molecule has 1 aliphatic rings. The van der Waals surface area contributed by atoms with E-state index < -0.39 is 0 Å². The lowest BCUT2D eigenvalue weighted by Crippen LogP contribution is -2.40. The van der Waals surface area contributed by atoms with Gasteiger partial charge in [0.15, 0.2) is 0 Å². The van der Waals surface area contributed by atoms with Gasteiger partial charge < -0.3 is 14.0 Å². The van der Waals surface area contributed by atoms with E-state index in [-0.39, 0.29) is 11.8 Å². The Morgan fingerprint density at radius 1 is 1.19 bits per heavy atom. The Labute approximate surface area is 153 Å². The molecule has 0 N–H and O–H groups in total. The van der Waals surface area contributed by atoms with Gasteiger partial charge in [-0.15, -0.1) is 0 Å². The molecule has 1 unspecified atom stereocenters. The third-order valence-electron chi connectivity index (χ3n) is 5.09.